The summed E-state index contributed by atoms with van der Waals surface area (Å²) in [7, 11) is 0. The molecule has 0 fully saturated rings. The molecule has 10 heteroatoms. The number of hydrogen-bond donors (Lipinski definition) is 2. The largest absolute Gasteiger partial charge is 0.381 e. The van der Waals surface area contributed by atoms with Crippen LogP contribution in [0.15, 0.2) is 71.8 Å². The van der Waals surface area contributed by atoms with Gasteiger partial charge in [-0.1, -0.05) is 35.9 Å². The van der Waals surface area contributed by atoms with Gasteiger partial charge in [-0.2, -0.15) is 0 Å². The van der Waals surface area contributed by atoms with Crippen molar-refractivity contribution in [3.8, 4) is 5.69 Å². The summed E-state index contributed by atoms with van der Waals surface area (Å²) in [6, 6.07) is 13.6. The molecule has 5 aromatic rings. The van der Waals surface area contributed by atoms with Crippen LogP contribution in [0.5, 0.6) is 0 Å². The standard InChI is InChI=1S/C24H18ClFN6O2/c1-13(29-23(33)20-21(27)30-31-11-5-10-28-22(20)31)18-12-14-6-4-7-15(25)19(14)24(34)32(18)17-9-3-2-8-16(17)26/h2-13H,1H3,(H2,27,30)(H,29,33). The van der Waals surface area contributed by atoms with Crippen molar-refractivity contribution in [2.45, 2.75) is 13.0 Å². The van der Waals surface area contributed by atoms with Crippen LogP contribution >= 0.6 is 11.6 Å². The molecular weight excluding hydrogens is 459 g/mol. The molecule has 3 heterocycles. The molecule has 0 aliphatic heterocycles. The van der Waals surface area contributed by atoms with E-state index >= 15 is 0 Å². The van der Waals surface area contributed by atoms with Gasteiger partial charge in [-0.25, -0.2) is 13.9 Å². The van der Waals surface area contributed by atoms with Gasteiger partial charge in [0.05, 0.1) is 22.1 Å². The first-order chi connectivity index (χ1) is 16.4. The third-order valence-corrected chi connectivity index (χ3v) is 5.87. The molecule has 0 spiro atoms. The van der Waals surface area contributed by atoms with Crippen molar-refractivity contribution in [1.29, 1.82) is 0 Å². The van der Waals surface area contributed by atoms with Crippen LogP contribution in [0.2, 0.25) is 5.02 Å². The van der Waals surface area contributed by atoms with E-state index in [0.29, 0.717) is 16.7 Å². The molecule has 0 aliphatic rings. The lowest BCUT2D eigenvalue weighted by molar-refractivity contribution is 0.0941. The molecule has 0 radical (unpaired) electrons. The lowest BCUT2D eigenvalue weighted by Crippen LogP contribution is -2.32. The Labute approximate surface area is 197 Å². The van der Waals surface area contributed by atoms with E-state index in [1.807, 2.05) is 0 Å². The summed E-state index contributed by atoms with van der Waals surface area (Å²) in [5.41, 5.74) is 6.28. The highest BCUT2D eigenvalue weighted by Crippen LogP contribution is 2.27. The molecule has 1 amide bonds. The monoisotopic (exact) mass is 476 g/mol. The highest BCUT2D eigenvalue weighted by molar-refractivity contribution is 6.35. The first-order valence-corrected chi connectivity index (χ1v) is 10.7. The Bertz CT molecular complexity index is 1640. The number of halogens is 2. The Morgan fingerprint density at radius 2 is 1.97 bits per heavy atom. The van der Waals surface area contributed by atoms with Crippen molar-refractivity contribution in [2.75, 3.05) is 5.73 Å². The molecular formula is C24H18ClFN6O2. The van der Waals surface area contributed by atoms with Crippen molar-refractivity contribution >= 4 is 39.7 Å². The molecule has 170 valence electrons. The fraction of sp³-hybridized carbons (Fsp3) is 0.0833. The van der Waals surface area contributed by atoms with E-state index in [0.717, 1.165) is 0 Å². The van der Waals surface area contributed by atoms with Crippen LogP contribution in [-0.2, 0) is 0 Å². The number of carbonyl (C=O) groups is 1. The van der Waals surface area contributed by atoms with Gasteiger partial charge in [-0.05, 0) is 42.6 Å². The molecule has 0 saturated heterocycles. The van der Waals surface area contributed by atoms with E-state index in [9.17, 15) is 14.0 Å². The Hall–Kier alpha value is -4.24. The molecule has 8 nitrogen and oxygen atoms in total. The van der Waals surface area contributed by atoms with Crippen molar-refractivity contribution < 1.29 is 9.18 Å². The lowest BCUT2D eigenvalue weighted by atomic mass is 10.1. The molecule has 34 heavy (non-hydrogen) atoms. The molecule has 3 aromatic heterocycles. The van der Waals surface area contributed by atoms with E-state index in [4.69, 9.17) is 17.3 Å². The van der Waals surface area contributed by atoms with Gasteiger partial charge in [-0.15, -0.1) is 5.10 Å². The number of hydrogen-bond acceptors (Lipinski definition) is 5. The number of benzene rings is 2. The lowest BCUT2D eigenvalue weighted by Gasteiger charge is -2.21. The number of nitrogens with zero attached hydrogens (tertiary/aromatic N) is 4. The van der Waals surface area contributed by atoms with E-state index < -0.39 is 23.3 Å². The molecule has 0 saturated carbocycles. The van der Waals surface area contributed by atoms with E-state index in [1.54, 1.807) is 49.5 Å². The molecule has 0 aliphatic carbocycles. The van der Waals surface area contributed by atoms with Crippen molar-refractivity contribution in [2.24, 2.45) is 0 Å². The van der Waals surface area contributed by atoms with E-state index in [2.05, 4.69) is 15.4 Å². The smallest absolute Gasteiger partial charge is 0.264 e. The van der Waals surface area contributed by atoms with Crippen LogP contribution < -0.4 is 16.6 Å². The fourth-order valence-electron chi connectivity index (χ4n) is 4.00. The number of nitrogen functional groups attached to an aromatic ring is 1. The zero-order chi connectivity index (χ0) is 24.0. The normalized spacial score (nSPS) is 12.2. The van der Waals surface area contributed by atoms with E-state index in [1.165, 1.54) is 33.5 Å². The van der Waals surface area contributed by atoms with Gasteiger partial charge in [0.1, 0.15) is 11.4 Å². The summed E-state index contributed by atoms with van der Waals surface area (Å²) in [6.45, 7) is 1.69. The van der Waals surface area contributed by atoms with Gasteiger partial charge in [0.15, 0.2) is 11.5 Å². The maximum atomic E-state index is 14.8. The molecule has 2 aromatic carbocycles. The number of amides is 1. The van der Waals surface area contributed by atoms with Crippen molar-refractivity contribution in [3.63, 3.8) is 0 Å². The molecule has 5 rings (SSSR count). The maximum Gasteiger partial charge on any atom is 0.264 e. The second-order valence-electron chi connectivity index (χ2n) is 7.71. The first-order valence-electron chi connectivity index (χ1n) is 10.4. The summed E-state index contributed by atoms with van der Waals surface area (Å²) in [5, 5.41) is 8.02. The highest BCUT2D eigenvalue weighted by Gasteiger charge is 2.24. The number of carbonyl (C=O) groups excluding carboxylic acids is 1. The average Bonchev–Trinajstić information content (AvgIpc) is 3.15. The quantitative estimate of drug-likeness (QED) is 0.409. The number of nitrogens with one attached hydrogen (secondary N) is 1. The second-order valence-corrected chi connectivity index (χ2v) is 8.12. The van der Waals surface area contributed by atoms with Gasteiger partial charge >= 0.3 is 0 Å². The molecule has 0 bridgehead atoms. The van der Waals surface area contributed by atoms with Crippen molar-refractivity contribution in [3.05, 3.63) is 99.4 Å². The fourth-order valence-corrected chi connectivity index (χ4v) is 4.27. The number of fused-ring (bicyclic) bond motifs is 2. The number of para-hydroxylation sites is 1. The minimum absolute atomic E-state index is 0.0141. The van der Waals surface area contributed by atoms with Crippen molar-refractivity contribution in [1.82, 2.24) is 24.5 Å². The summed E-state index contributed by atoms with van der Waals surface area (Å²) in [6.07, 6.45) is 3.15. The van der Waals surface area contributed by atoms with Crippen LogP contribution in [0.25, 0.3) is 22.1 Å². The van der Waals surface area contributed by atoms with Crippen LogP contribution in [0, 0.1) is 5.82 Å². The van der Waals surface area contributed by atoms with Crippen LogP contribution in [-0.4, -0.2) is 25.1 Å². The van der Waals surface area contributed by atoms with Gasteiger partial charge in [0.25, 0.3) is 11.5 Å². The summed E-state index contributed by atoms with van der Waals surface area (Å²) in [4.78, 5) is 30.9. The number of rotatable bonds is 4. The van der Waals surface area contributed by atoms with Gasteiger partial charge < -0.3 is 11.1 Å². The zero-order valence-electron chi connectivity index (χ0n) is 17.9. The molecule has 1 atom stereocenters. The summed E-state index contributed by atoms with van der Waals surface area (Å²) in [5.74, 6) is -1.11. The minimum Gasteiger partial charge on any atom is -0.381 e. The van der Waals surface area contributed by atoms with Gasteiger partial charge in [0, 0.05) is 18.1 Å². The minimum atomic E-state index is -0.721. The van der Waals surface area contributed by atoms with Crippen LogP contribution in [0.1, 0.15) is 29.0 Å². The topological polar surface area (TPSA) is 107 Å². The maximum absolute atomic E-state index is 14.8. The highest BCUT2D eigenvalue weighted by atomic mass is 35.5. The number of nitrogens with two attached hydrogens (primary N) is 1. The zero-order valence-corrected chi connectivity index (χ0v) is 18.6. The number of anilines is 1. The summed E-state index contributed by atoms with van der Waals surface area (Å²) >= 11 is 6.31. The number of aromatic nitrogens is 4. The molecule has 1 unspecified atom stereocenters. The number of pyridine rings is 1. The van der Waals surface area contributed by atoms with E-state index in [-0.39, 0.29) is 27.5 Å². The Balaban J connectivity index is 1.66. The molecule has 3 N–H and O–H groups in total. The van der Waals surface area contributed by atoms with Crippen LogP contribution in [0.4, 0.5) is 10.2 Å². The average molecular weight is 477 g/mol. The third-order valence-electron chi connectivity index (χ3n) is 5.56. The Morgan fingerprint density at radius 1 is 1.18 bits per heavy atom. The predicted octanol–water partition coefficient (Wildman–Crippen LogP) is 3.90. The Morgan fingerprint density at radius 3 is 2.76 bits per heavy atom. The SMILES string of the molecule is CC(NC(=O)c1c(N)nn2cccnc12)c1cc2cccc(Cl)c2c(=O)n1-c1ccccc1F. The third kappa shape index (κ3) is 3.46. The van der Waals surface area contributed by atoms with Crippen LogP contribution in [0.3, 0.4) is 0 Å². The Kier molecular flexibility index (Phi) is 5.25. The summed E-state index contributed by atoms with van der Waals surface area (Å²) < 4.78 is 17.4. The van der Waals surface area contributed by atoms with Gasteiger partial charge in [-0.3, -0.25) is 14.2 Å². The van der Waals surface area contributed by atoms with Gasteiger partial charge in [0.2, 0.25) is 0 Å². The first kappa shape index (κ1) is 21.6. The predicted molar refractivity (Wildman–Crippen MR) is 128 cm³/mol. The second kappa shape index (κ2) is 8.27.